The molecule has 0 aliphatic rings. The molecule has 39 heavy (non-hydrogen) atoms. The van der Waals surface area contributed by atoms with Gasteiger partial charge in [-0.15, -0.1) is 0 Å². The first-order valence-corrected chi connectivity index (χ1v) is 16.5. The zero-order chi connectivity index (χ0) is 28.7. The van der Waals surface area contributed by atoms with Crippen molar-refractivity contribution in [3.05, 3.63) is 36.5 Å². The van der Waals surface area contributed by atoms with Crippen LogP contribution in [0.2, 0.25) is 0 Å². The molecule has 0 heterocycles. The van der Waals surface area contributed by atoms with E-state index < -0.39 is 5.97 Å². The SMILES string of the molecule is CCCCC/C=C\C/C=C\C(CCCCCCC(=O)O)OC(=O)CCCCCCC/C=C\CCCCCCC. The lowest BCUT2D eigenvalue weighted by Crippen LogP contribution is -2.16. The molecule has 1 unspecified atom stereocenters. The molecule has 0 aromatic heterocycles. The molecule has 0 radical (unpaired) electrons. The summed E-state index contributed by atoms with van der Waals surface area (Å²) in [7, 11) is 0. The summed E-state index contributed by atoms with van der Waals surface area (Å²) in [6, 6.07) is 0. The van der Waals surface area contributed by atoms with Crippen molar-refractivity contribution in [3.63, 3.8) is 0 Å². The van der Waals surface area contributed by atoms with Crippen LogP contribution in [0.1, 0.15) is 168 Å². The van der Waals surface area contributed by atoms with Crippen molar-refractivity contribution >= 4 is 11.9 Å². The molecule has 0 aliphatic carbocycles. The third-order valence-electron chi connectivity index (χ3n) is 7.07. The van der Waals surface area contributed by atoms with Crippen LogP contribution in [0, 0.1) is 0 Å². The summed E-state index contributed by atoms with van der Waals surface area (Å²) in [6.45, 7) is 4.48. The van der Waals surface area contributed by atoms with Gasteiger partial charge in [0.1, 0.15) is 6.10 Å². The number of esters is 1. The fourth-order valence-corrected chi connectivity index (χ4v) is 4.60. The third kappa shape index (κ3) is 30.6. The summed E-state index contributed by atoms with van der Waals surface area (Å²) in [5.74, 6) is -0.819. The van der Waals surface area contributed by atoms with Crippen LogP contribution in [0.25, 0.3) is 0 Å². The Hall–Kier alpha value is -1.84. The number of carboxylic acids is 1. The maximum Gasteiger partial charge on any atom is 0.306 e. The summed E-state index contributed by atoms with van der Waals surface area (Å²) >= 11 is 0. The third-order valence-corrected chi connectivity index (χ3v) is 7.07. The van der Waals surface area contributed by atoms with E-state index in [-0.39, 0.29) is 18.5 Å². The van der Waals surface area contributed by atoms with Crippen molar-refractivity contribution in [2.75, 3.05) is 0 Å². The Kier molecular flexibility index (Phi) is 29.2. The topological polar surface area (TPSA) is 63.6 Å². The highest BCUT2D eigenvalue weighted by atomic mass is 16.5. The molecule has 0 spiro atoms. The van der Waals surface area contributed by atoms with Gasteiger partial charge in [-0.1, -0.05) is 115 Å². The van der Waals surface area contributed by atoms with Crippen molar-refractivity contribution in [3.8, 4) is 0 Å². The van der Waals surface area contributed by atoms with Crippen molar-refractivity contribution < 1.29 is 19.4 Å². The highest BCUT2D eigenvalue weighted by Crippen LogP contribution is 2.14. The van der Waals surface area contributed by atoms with Gasteiger partial charge in [0, 0.05) is 12.8 Å². The zero-order valence-corrected chi connectivity index (χ0v) is 25.7. The van der Waals surface area contributed by atoms with Gasteiger partial charge in [0.25, 0.3) is 0 Å². The van der Waals surface area contributed by atoms with E-state index in [0.29, 0.717) is 12.8 Å². The molecule has 1 N–H and O–H groups in total. The zero-order valence-electron chi connectivity index (χ0n) is 25.7. The number of ether oxygens (including phenoxy) is 1. The Balaban J connectivity index is 4.10. The minimum Gasteiger partial charge on any atom is -0.481 e. The number of unbranched alkanes of at least 4 members (excludes halogenated alkanes) is 16. The number of aliphatic carboxylic acids is 1. The summed E-state index contributed by atoms with van der Waals surface area (Å²) in [4.78, 5) is 23.1. The van der Waals surface area contributed by atoms with E-state index in [4.69, 9.17) is 9.84 Å². The Morgan fingerprint density at radius 2 is 1.08 bits per heavy atom. The van der Waals surface area contributed by atoms with Gasteiger partial charge in [-0.25, -0.2) is 0 Å². The molecule has 4 nitrogen and oxygen atoms in total. The lowest BCUT2D eigenvalue weighted by atomic mass is 10.1. The monoisotopic (exact) mass is 546 g/mol. The molecule has 0 saturated heterocycles. The fourth-order valence-electron chi connectivity index (χ4n) is 4.60. The van der Waals surface area contributed by atoms with Crippen LogP contribution in [0.5, 0.6) is 0 Å². The maximum absolute atomic E-state index is 12.5. The lowest BCUT2D eigenvalue weighted by molar-refractivity contribution is -0.147. The Labute approximate surface area is 241 Å². The Bertz CT molecular complexity index is 635. The minimum atomic E-state index is -0.729. The maximum atomic E-state index is 12.5. The summed E-state index contributed by atoms with van der Waals surface area (Å²) < 4.78 is 5.82. The van der Waals surface area contributed by atoms with Crippen LogP contribution in [0.4, 0.5) is 0 Å². The van der Waals surface area contributed by atoms with Crippen molar-refractivity contribution in [2.24, 2.45) is 0 Å². The highest BCUT2D eigenvalue weighted by molar-refractivity contribution is 5.69. The van der Waals surface area contributed by atoms with Gasteiger partial charge in [0.15, 0.2) is 0 Å². The highest BCUT2D eigenvalue weighted by Gasteiger charge is 2.11. The van der Waals surface area contributed by atoms with E-state index in [1.165, 1.54) is 83.5 Å². The lowest BCUT2D eigenvalue weighted by Gasteiger charge is -2.14. The molecule has 0 rings (SSSR count). The van der Waals surface area contributed by atoms with Gasteiger partial charge >= 0.3 is 11.9 Å². The number of rotatable bonds is 29. The van der Waals surface area contributed by atoms with Gasteiger partial charge in [-0.3, -0.25) is 9.59 Å². The summed E-state index contributed by atoms with van der Waals surface area (Å²) in [5.41, 5.74) is 0. The van der Waals surface area contributed by atoms with E-state index in [2.05, 4.69) is 44.2 Å². The molecular formula is C35H62O4. The molecule has 1 atom stereocenters. The van der Waals surface area contributed by atoms with Crippen LogP contribution >= 0.6 is 0 Å². The van der Waals surface area contributed by atoms with Crippen LogP contribution in [0.15, 0.2) is 36.5 Å². The van der Waals surface area contributed by atoms with E-state index in [9.17, 15) is 9.59 Å². The minimum absolute atomic E-state index is 0.0903. The molecule has 0 amide bonds. The van der Waals surface area contributed by atoms with Gasteiger partial charge < -0.3 is 9.84 Å². The van der Waals surface area contributed by atoms with Gasteiger partial charge in [0.2, 0.25) is 0 Å². The Morgan fingerprint density at radius 3 is 1.72 bits per heavy atom. The predicted molar refractivity (Wildman–Crippen MR) is 167 cm³/mol. The molecule has 226 valence electrons. The number of carboxylic acid groups (broad SMARTS) is 1. The molecule has 0 bridgehead atoms. The largest absolute Gasteiger partial charge is 0.481 e. The summed E-state index contributed by atoms with van der Waals surface area (Å²) in [6.07, 6.45) is 38.8. The predicted octanol–water partition coefficient (Wildman–Crippen LogP) is 11.1. The van der Waals surface area contributed by atoms with E-state index in [1.54, 1.807) is 0 Å². The van der Waals surface area contributed by atoms with E-state index in [0.717, 1.165) is 51.4 Å². The number of carbonyl (C=O) groups excluding carboxylic acids is 1. The molecule has 4 heteroatoms. The van der Waals surface area contributed by atoms with Gasteiger partial charge in [-0.05, 0) is 76.7 Å². The smallest absolute Gasteiger partial charge is 0.306 e. The van der Waals surface area contributed by atoms with Crippen LogP contribution < -0.4 is 0 Å². The van der Waals surface area contributed by atoms with E-state index in [1.807, 2.05) is 6.08 Å². The van der Waals surface area contributed by atoms with Crippen LogP contribution in [-0.2, 0) is 14.3 Å². The molecule has 0 saturated carbocycles. The van der Waals surface area contributed by atoms with E-state index >= 15 is 0 Å². The second-order valence-corrected chi connectivity index (χ2v) is 11.0. The molecule has 0 aromatic carbocycles. The fraction of sp³-hybridized carbons (Fsp3) is 0.771. The van der Waals surface area contributed by atoms with Crippen molar-refractivity contribution in [1.82, 2.24) is 0 Å². The number of hydrogen-bond donors (Lipinski definition) is 1. The number of allylic oxidation sites excluding steroid dienone is 5. The van der Waals surface area contributed by atoms with Crippen LogP contribution in [-0.4, -0.2) is 23.1 Å². The second kappa shape index (κ2) is 30.7. The van der Waals surface area contributed by atoms with Gasteiger partial charge in [-0.2, -0.15) is 0 Å². The average molecular weight is 547 g/mol. The van der Waals surface area contributed by atoms with Gasteiger partial charge in [0.05, 0.1) is 0 Å². The second-order valence-electron chi connectivity index (χ2n) is 11.0. The first-order valence-electron chi connectivity index (χ1n) is 16.5. The van der Waals surface area contributed by atoms with Crippen molar-refractivity contribution in [1.29, 1.82) is 0 Å². The first-order chi connectivity index (χ1) is 19.1. The molecular weight excluding hydrogens is 484 g/mol. The number of hydrogen-bond acceptors (Lipinski definition) is 3. The quantitative estimate of drug-likeness (QED) is 0.0575. The first kappa shape index (κ1) is 37.2. The average Bonchev–Trinajstić information content (AvgIpc) is 2.91. The number of carbonyl (C=O) groups is 2. The van der Waals surface area contributed by atoms with Crippen molar-refractivity contribution in [2.45, 2.75) is 174 Å². The Morgan fingerprint density at radius 1 is 0.590 bits per heavy atom. The molecule has 0 aliphatic heterocycles. The normalized spacial score (nSPS) is 12.7. The molecule has 0 fully saturated rings. The standard InChI is InChI=1S/C35H62O4/c1-3-5-7-9-11-13-14-15-16-17-18-20-22-28-32-35(38)39-33(30-26-23-24-27-31-34(36)37)29-25-21-19-12-10-8-6-4-2/h12,14-15,19,25,29,33H,3-11,13,16-18,20-24,26-28,30-32H2,1-2H3,(H,36,37)/b15-14-,19-12-,29-25-. The summed E-state index contributed by atoms with van der Waals surface area (Å²) in [5, 5.41) is 8.78. The van der Waals surface area contributed by atoms with Crippen LogP contribution in [0.3, 0.4) is 0 Å². The molecule has 0 aromatic rings.